The average Bonchev–Trinajstić information content (AvgIpc) is 2.89. The highest BCUT2D eigenvalue weighted by Crippen LogP contribution is 2.33. The van der Waals surface area contributed by atoms with E-state index in [1.165, 1.54) is 18.2 Å². The van der Waals surface area contributed by atoms with Crippen molar-refractivity contribution in [2.24, 2.45) is 0 Å². The zero-order valence-electron chi connectivity index (χ0n) is 13.6. The molecule has 0 aliphatic rings. The molecule has 0 saturated heterocycles. The fourth-order valence-corrected chi connectivity index (χ4v) is 2.89. The summed E-state index contributed by atoms with van der Waals surface area (Å²) in [5, 5.41) is 9.13. The molecule has 7 heteroatoms. The molecule has 0 spiro atoms. The molecule has 0 saturated carbocycles. The zero-order valence-corrected chi connectivity index (χ0v) is 13.6. The molecule has 25 heavy (non-hydrogen) atoms. The minimum absolute atomic E-state index is 0.0348. The molecule has 0 unspecified atom stereocenters. The molecule has 0 aliphatic heterocycles. The summed E-state index contributed by atoms with van der Waals surface area (Å²) in [5.74, 6) is -2.23. The van der Waals surface area contributed by atoms with Gasteiger partial charge in [0.15, 0.2) is 0 Å². The van der Waals surface area contributed by atoms with E-state index >= 15 is 0 Å². The van der Waals surface area contributed by atoms with E-state index in [0.29, 0.717) is 0 Å². The number of carboxylic acids is 1. The first-order valence-corrected chi connectivity index (χ1v) is 7.54. The monoisotopic (exact) mass is 348 g/mol. The minimum atomic E-state index is -4.64. The van der Waals surface area contributed by atoms with Crippen molar-refractivity contribution in [2.45, 2.75) is 26.6 Å². The Hall–Kier alpha value is -2.83. The molecule has 3 aromatic rings. The number of halogens is 3. The number of fused-ring (bicyclic) bond motifs is 1. The van der Waals surface area contributed by atoms with Crippen LogP contribution in [0.2, 0.25) is 0 Å². The summed E-state index contributed by atoms with van der Waals surface area (Å²) in [6.45, 7) is 3.63. The Labute approximate surface area is 141 Å². The lowest BCUT2D eigenvalue weighted by Crippen LogP contribution is -2.16. The summed E-state index contributed by atoms with van der Waals surface area (Å²) >= 11 is 0. The Morgan fingerprint density at radius 3 is 2.36 bits per heavy atom. The highest BCUT2D eigenvalue weighted by atomic mass is 19.4. The van der Waals surface area contributed by atoms with Gasteiger partial charge in [0, 0.05) is 0 Å². The van der Waals surface area contributed by atoms with Gasteiger partial charge in [-0.15, -0.1) is 0 Å². The van der Waals surface area contributed by atoms with Gasteiger partial charge in [-0.3, -0.25) is 0 Å². The Morgan fingerprint density at radius 2 is 1.80 bits per heavy atom. The fourth-order valence-electron chi connectivity index (χ4n) is 2.89. The molecular formula is C18H15F3N2O2. The van der Waals surface area contributed by atoms with Gasteiger partial charge in [-0.25, -0.2) is 9.78 Å². The summed E-state index contributed by atoms with van der Waals surface area (Å²) in [4.78, 5) is 14.9. The second-order valence-electron chi connectivity index (χ2n) is 5.90. The number of carboxylic acid groups (broad SMARTS) is 1. The van der Waals surface area contributed by atoms with Gasteiger partial charge in [-0.1, -0.05) is 18.2 Å². The Balaban J connectivity index is 2.26. The first-order valence-electron chi connectivity index (χ1n) is 7.54. The molecule has 1 aromatic heterocycles. The van der Waals surface area contributed by atoms with E-state index in [9.17, 15) is 18.0 Å². The highest BCUT2D eigenvalue weighted by Gasteiger charge is 2.37. The molecule has 0 radical (unpaired) electrons. The highest BCUT2D eigenvalue weighted by molar-refractivity contribution is 5.92. The predicted molar refractivity (Wildman–Crippen MR) is 86.7 cm³/mol. The molecular weight excluding hydrogens is 333 g/mol. The minimum Gasteiger partial charge on any atom is -0.478 e. The van der Waals surface area contributed by atoms with Crippen LogP contribution in [0.15, 0.2) is 36.4 Å². The second-order valence-corrected chi connectivity index (χ2v) is 5.90. The number of rotatable bonds is 3. The van der Waals surface area contributed by atoms with E-state index in [0.717, 1.165) is 21.3 Å². The van der Waals surface area contributed by atoms with E-state index in [-0.39, 0.29) is 23.1 Å². The summed E-state index contributed by atoms with van der Waals surface area (Å²) in [6.07, 6.45) is -4.64. The smallest absolute Gasteiger partial charge is 0.449 e. The first kappa shape index (κ1) is 17.0. The number of benzene rings is 2. The number of carbonyl (C=O) groups is 1. The van der Waals surface area contributed by atoms with Gasteiger partial charge < -0.3 is 9.67 Å². The molecule has 0 bridgehead atoms. The third-order valence-corrected chi connectivity index (χ3v) is 4.21. The van der Waals surface area contributed by atoms with E-state index in [4.69, 9.17) is 5.11 Å². The van der Waals surface area contributed by atoms with Crippen molar-refractivity contribution in [3.8, 4) is 0 Å². The van der Waals surface area contributed by atoms with Gasteiger partial charge >= 0.3 is 12.1 Å². The predicted octanol–water partition coefficient (Wildman–Crippen LogP) is 4.42. The van der Waals surface area contributed by atoms with Crippen molar-refractivity contribution in [1.29, 1.82) is 0 Å². The van der Waals surface area contributed by atoms with Crippen LogP contribution in [-0.4, -0.2) is 20.6 Å². The average molecular weight is 348 g/mol. The molecule has 0 fully saturated rings. The second kappa shape index (κ2) is 5.91. The van der Waals surface area contributed by atoms with Crippen molar-refractivity contribution >= 4 is 17.0 Å². The van der Waals surface area contributed by atoms with Crippen molar-refractivity contribution in [1.82, 2.24) is 9.55 Å². The van der Waals surface area contributed by atoms with Crippen LogP contribution in [0.5, 0.6) is 0 Å². The molecule has 4 nitrogen and oxygen atoms in total. The van der Waals surface area contributed by atoms with Crippen LogP contribution in [-0.2, 0) is 12.7 Å². The van der Waals surface area contributed by atoms with Crippen molar-refractivity contribution in [3.05, 3.63) is 64.5 Å². The summed E-state index contributed by atoms with van der Waals surface area (Å²) in [7, 11) is 0. The maximum atomic E-state index is 13.4. The van der Waals surface area contributed by atoms with Crippen LogP contribution in [0, 0.1) is 13.8 Å². The first-order chi connectivity index (χ1) is 11.7. The number of aryl methyl sites for hydroxylation is 2. The lowest BCUT2D eigenvalue weighted by molar-refractivity contribution is -0.146. The zero-order chi connectivity index (χ0) is 18.4. The molecule has 1 N–H and O–H groups in total. The summed E-state index contributed by atoms with van der Waals surface area (Å²) in [6, 6.07) is 9.28. The number of alkyl halides is 3. The normalized spacial score (nSPS) is 11.9. The lowest BCUT2D eigenvalue weighted by Gasteiger charge is -2.15. The molecule has 0 atom stereocenters. The van der Waals surface area contributed by atoms with Gasteiger partial charge in [0.2, 0.25) is 5.82 Å². The number of nitrogens with zero attached hydrogens (tertiary/aromatic N) is 2. The van der Waals surface area contributed by atoms with Crippen LogP contribution in [0.4, 0.5) is 13.2 Å². The maximum Gasteiger partial charge on any atom is 0.449 e. The molecule has 130 valence electrons. The lowest BCUT2D eigenvalue weighted by atomic mass is 10.0. The topological polar surface area (TPSA) is 55.1 Å². The number of hydrogen-bond acceptors (Lipinski definition) is 2. The quantitative estimate of drug-likeness (QED) is 0.762. The van der Waals surface area contributed by atoms with E-state index in [1.54, 1.807) is 0 Å². The third-order valence-electron chi connectivity index (χ3n) is 4.21. The Bertz CT molecular complexity index is 954. The van der Waals surface area contributed by atoms with Crippen molar-refractivity contribution in [2.75, 3.05) is 0 Å². The van der Waals surface area contributed by atoms with Crippen LogP contribution < -0.4 is 0 Å². The van der Waals surface area contributed by atoms with Gasteiger partial charge in [-0.05, 0) is 48.7 Å². The Morgan fingerprint density at radius 1 is 1.16 bits per heavy atom. The maximum absolute atomic E-state index is 13.4. The summed E-state index contributed by atoms with van der Waals surface area (Å²) in [5.41, 5.74) is 2.67. The number of hydrogen-bond donors (Lipinski definition) is 1. The number of aromatic nitrogens is 2. The van der Waals surface area contributed by atoms with Crippen LogP contribution in [0.1, 0.15) is 32.9 Å². The van der Waals surface area contributed by atoms with E-state index in [2.05, 4.69) is 4.98 Å². The fraction of sp³-hybridized carbons (Fsp3) is 0.222. The van der Waals surface area contributed by atoms with Gasteiger partial charge in [0.25, 0.3) is 0 Å². The third kappa shape index (κ3) is 3.09. The molecule has 1 heterocycles. The number of aromatic carboxylic acids is 1. The SMILES string of the molecule is Cc1cccc(C)c1Cn1c(C(F)(F)F)nc2ccc(C(=O)O)cc21. The molecule has 0 amide bonds. The van der Waals surface area contributed by atoms with Crippen LogP contribution in [0.25, 0.3) is 11.0 Å². The van der Waals surface area contributed by atoms with Crippen molar-refractivity contribution < 1.29 is 23.1 Å². The van der Waals surface area contributed by atoms with Crippen LogP contribution >= 0.6 is 0 Å². The number of imidazole rings is 1. The molecule has 2 aromatic carbocycles. The van der Waals surface area contributed by atoms with Gasteiger partial charge in [-0.2, -0.15) is 13.2 Å². The van der Waals surface area contributed by atoms with Gasteiger partial charge in [0.1, 0.15) is 0 Å². The molecule has 3 rings (SSSR count). The summed E-state index contributed by atoms with van der Waals surface area (Å²) < 4.78 is 41.4. The largest absolute Gasteiger partial charge is 0.478 e. The van der Waals surface area contributed by atoms with E-state index in [1.807, 2.05) is 32.0 Å². The van der Waals surface area contributed by atoms with Crippen molar-refractivity contribution in [3.63, 3.8) is 0 Å². The van der Waals surface area contributed by atoms with Crippen LogP contribution in [0.3, 0.4) is 0 Å². The molecule has 0 aliphatic carbocycles. The Kier molecular flexibility index (Phi) is 4.02. The van der Waals surface area contributed by atoms with E-state index < -0.39 is 18.0 Å². The standard InChI is InChI=1S/C18H15F3N2O2/c1-10-4-3-5-11(2)13(10)9-23-15-8-12(16(24)25)6-7-14(15)22-17(23)18(19,20)21/h3-8H,9H2,1-2H3,(H,24,25). The van der Waals surface area contributed by atoms with Gasteiger partial charge in [0.05, 0.1) is 23.1 Å².